The van der Waals surface area contributed by atoms with Gasteiger partial charge >= 0.3 is 6.03 Å². The number of carbonyl (C=O) groups excluding carboxylic acids is 3. The number of piperidine rings is 1. The van der Waals surface area contributed by atoms with E-state index in [1.165, 1.54) is 12.0 Å². The van der Waals surface area contributed by atoms with Crippen molar-refractivity contribution in [1.82, 2.24) is 20.0 Å². The molecule has 0 saturated carbocycles. The third-order valence-corrected chi connectivity index (χ3v) is 7.20. The fourth-order valence-corrected chi connectivity index (χ4v) is 5.12. The molecule has 1 aromatic rings. The molecule has 3 rings (SSSR count). The number of nitrogens with zero attached hydrogens (tertiary/aromatic N) is 3. The number of carbonyl (C=O) groups is 3. The monoisotopic (exact) mass is 488 g/mol. The first-order chi connectivity index (χ1) is 16.6. The Morgan fingerprint density at radius 3 is 2.43 bits per heavy atom. The molecular weight excluding hydrogens is 448 g/mol. The summed E-state index contributed by atoms with van der Waals surface area (Å²) in [6.45, 7) is 6.26. The second kappa shape index (κ2) is 11.3. The van der Waals surface area contributed by atoms with Gasteiger partial charge in [0.1, 0.15) is 5.54 Å². The molecule has 194 valence electrons. The van der Waals surface area contributed by atoms with Crippen molar-refractivity contribution in [1.29, 1.82) is 0 Å². The summed E-state index contributed by atoms with van der Waals surface area (Å²) in [5, 5.41) is 3.10. The lowest BCUT2D eigenvalue weighted by Gasteiger charge is -2.41. The predicted octanol–water partition coefficient (Wildman–Crippen LogP) is 2.84. The summed E-state index contributed by atoms with van der Waals surface area (Å²) in [7, 11) is 6.92. The smallest absolute Gasteiger partial charge is 0.325 e. The van der Waals surface area contributed by atoms with E-state index in [1.54, 1.807) is 30.2 Å². The minimum Gasteiger partial charge on any atom is -0.493 e. The van der Waals surface area contributed by atoms with Crippen molar-refractivity contribution in [2.75, 3.05) is 54.5 Å². The lowest BCUT2D eigenvalue weighted by atomic mass is 9.73. The number of likely N-dealkylation sites (tertiary alicyclic amines) is 1. The van der Waals surface area contributed by atoms with Crippen molar-refractivity contribution in [3.8, 4) is 11.5 Å². The van der Waals surface area contributed by atoms with Gasteiger partial charge in [0.25, 0.3) is 11.8 Å². The molecule has 2 aliphatic heterocycles. The highest BCUT2D eigenvalue weighted by atomic mass is 16.5. The number of urea groups is 1. The topological polar surface area (TPSA) is 91.4 Å². The summed E-state index contributed by atoms with van der Waals surface area (Å²) < 4.78 is 10.8. The van der Waals surface area contributed by atoms with Crippen molar-refractivity contribution in [3.63, 3.8) is 0 Å². The van der Waals surface area contributed by atoms with Gasteiger partial charge in [-0.1, -0.05) is 19.9 Å². The normalized spacial score (nSPS) is 21.1. The van der Waals surface area contributed by atoms with Gasteiger partial charge in [-0.2, -0.15) is 0 Å². The van der Waals surface area contributed by atoms with Crippen LogP contribution in [-0.4, -0.2) is 92.6 Å². The molecule has 2 heterocycles. The van der Waals surface area contributed by atoms with Crippen molar-refractivity contribution in [2.45, 2.75) is 45.1 Å². The summed E-state index contributed by atoms with van der Waals surface area (Å²) >= 11 is 0. The number of ether oxygens (including phenoxy) is 2. The maximum absolute atomic E-state index is 13.7. The highest BCUT2D eigenvalue weighted by Crippen LogP contribution is 2.39. The third kappa shape index (κ3) is 5.55. The maximum Gasteiger partial charge on any atom is 0.325 e. The Balaban J connectivity index is 1.77. The quantitative estimate of drug-likeness (QED) is 0.510. The minimum absolute atomic E-state index is 0.0293. The molecular formula is C26H40N4O5. The van der Waals surface area contributed by atoms with Crippen molar-refractivity contribution in [2.24, 2.45) is 11.8 Å². The first-order valence-corrected chi connectivity index (χ1v) is 12.4. The summed E-state index contributed by atoms with van der Waals surface area (Å²) in [6, 6.07) is 4.97. The number of para-hydroxylation sites is 1. The Morgan fingerprint density at radius 2 is 1.86 bits per heavy atom. The number of hydrogen-bond donors (Lipinski definition) is 1. The van der Waals surface area contributed by atoms with E-state index in [4.69, 9.17) is 9.47 Å². The minimum atomic E-state index is -0.906. The number of amides is 4. The highest BCUT2D eigenvalue weighted by molar-refractivity contribution is 6.07. The Labute approximate surface area is 208 Å². The fourth-order valence-electron chi connectivity index (χ4n) is 5.12. The summed E-state index contributed by atoms with van der Waals surface area (Å²) in [4.78, 5) is 45.0. The maximum atomic E-state index is 13.7. The number of nitrogens with one attached hydrogen (secondary N) is 1. The van der Waals surface area contributed by atoms with E-state index < -0.39 is 5.54 Å². The number of rotatable bonds is 10. The molecule has 0 radical (unpaired) electrons. The van der Waals surface area contributed by atoms with E-state index in [2.05, 4.69) is 19.2 Å². The van der Waals surface area contributed by atoms with Crippen LogP contribution in [-0.2, 0) is 4.79 Å². The number of hydrogen-bond acceptors (Lipinski definition) is 6. The first kappa shape index (κ1) is 26.8. The van der Waals surface area contributed by atoms with Crippen molar-refractivity contribution in [3.05, 3.63) is 23.8 Å². The molecule has 2 aliphatic rings. The van der Waals surface area contributed by atoms with Gasteiger partial charge < -0.3 is 24.6 Å². The molecule has 2 saturated heterocycles. The van der Waals surface area contributed by atoms with E-state index in [9.17, 15) is 14.4 Å². The summed E-state index contributed by atoms with van der Waals surface area (Å²) in [5.74, 6) is 1.07. The largest absolute Gasteiger partial charge is 0.493 e. The number of imide groups is 1. The Bertz CT molecular complexity index is 926. The van der Waals surface area contributed by atoms with Crippen LogP contribution in [0, 0.1) is 11.8 Å². The van der Waals surface area contributed by atoms with E-state index in [0.29, 0.717) is 68.4 Å². The molecule has 1 atom stereocenters. The molecule has 35 heavy (non-hydrogen) atoms. The van der Waals surface area contributed by atoms with E-state index in [1.807, 2.05) is 19.0 Å². The van der Waals surface area contributed by atoms with Crippen LogP contribution in [0.5, 0.6) is 11.5 Å². The molecule has 0 spiro atoms. The molecule has 0 aliphatic carbocycles. The number of likely N-dealkylation sites (N-methyl/N-ethyl adjacent to an activating group) is 1. The van der Waals surface area contributed by atoms with Crippen LogP contribution < -0.4 is 14.8 Å². The molecule has 1 N–H and O–H groups in total. The lowest BCUT2D eigenvalue weighted by molar-refractivity contribution is -0.134. The molecule has 1 unspecified atom stereocenters. The zero-order chi connectivity index (χ0) is 25.8. The zero-order valence-corrected chi connectivity index (χ0v) is 21.9. The molecule has 0 aromatic heterocycles. The third-order valence-electron chi connectivity index (χ3n) is 7.20. The molecule has 1 aromatic carbocycles. The molecule has 4 amide bonds. The van der Waals surface area contributed by atoms with Crippen LogP contribution in [0.25, 0.3) is 0 Å². The molecule has 9 heteroatoms. The van der Waals surface area contributed by atoms with Crippen molar-refractivity contribution >= 4 is 17.8 Å². The van der Waals surface area contributed by atoms with Crippen LogP contribution in [0.4, 0.5) is 4.79 Å². The second-order valence-electron chi connectivity index (χ2n) is 10.2. The average Bonchev–Trinajstić information content (AvgIpc) is 3.09. The van der Waals surface area contributed by atoms with Crippen LogP contribution in [0.3, 0.4) is 0 Å². The van der Waals surface area contributed by atoms with E-state index in [-0.39, 0.29) is 23.8 Å². The van der Waals surface area contributed by atoms with Gasteiger partial charge in [-0.25, -0.2) is 4.79 Å². The summed E-state index contributed by atoms with van der Waals surface area (Å²) in [6.07, 6.45) is 2.73. The number of benzene rings is 1. The van der Waals surface area contributed by atoms with E-state index in [0.717, 1.165) is 6.42 Å². The summed E-state index contributed by atoms with van der Waals surface area (Å²) in [5.41, 5.74) is -0.448. The highest BCUT2D eigenvalue weighted by Gasteiger charge is 2.55. The van der Waals surface area contributed by atoms with Gasteiger partial charge in [0, 0.05) is 26.2 Å². The average molecular weight is 489 g/mol. The van der Waals surface area contributed by atoms with Crippen molar-refractivity contribution < 1.29 is 23.9 Å². The first-order valence-electron chi connectivity index (χ1n) is 12.4. The molecule has 9 nitrogen and oxygen atoms in total. The van der Waals surface area contributed by atoms with Crippen LogP contribution in [0.15, 0.2) is 18.2 Å². The van der Waals surface area contributed by atoms with Gasteiger partial charge in [0.05, 0.1) is 19.8 Å². The van der Waals surface area contributed by atoms with Crippen LogP contribution in [0.2, 0.25) is 0 Å². The fraction of sp³-hybridized carbons (Fsp3) is 0.654. The Hall–Kier alpha value is -2.81. The number of methoxy groups -OCH3 is 2. The SMILES string of the molecule is COc1cccc(C(=O)N2CCC(C3(CCC(C)C)NC(=O)N(CCN(C)C)C3=O)CC2)c1OC. The van der Waals surface area contributed by atoms with Gasteiger partial charge in [0.15, 0.2) is 11.5 Å². The molecule has 2 fully saturated rings. The molecule has 0 bridgehead atoms. The second-order valence-corrected chi connectivity index (χ2v) is 10.2. The predicted molar refractivity (Wildman–Crippen MR) is 134 cm³/mol. The van der Waals surface area contributed by atoms with Crippen LogP contribution in [0.1, 0.15) is 49.9 Å². The lowest BCUT2D eigenvalue weighted by Crippen LogP contribution is -2.56. The van der Waals surface area contributed by atoms with Gasteiger partial charge in [-0.05, 0) is 63.7 Å². The zero-order valence-electron chi connectivity index (χ0n) is 21.9. The van der Waals surface area contributed by atoms with Gasteiger partial charge in [-0.3, -0.25) is 14.5 Å². The van der Waals surface area contributed by atoms with Gasteiger partial charge in [-0.15, -0.1) is 0 Å². The van der Waals surface area contributed by atoms with Crippen LogP contribution >= 0.6 is 0 Å². The Morgan fingerprint density at radius 1 is 1.17 bits per heavy atom. The van der Waals surface area contributed by atoms with E-state index >= 15 is 0 Å². The van der Waals surface area contributed by atoms with Gasteiger partial charge in [0.2, 0.25) is 0 Å². The standard InChI is InChI=1S/C26H40N4O5/c1-18(2)10-13-26(24(32)30(25(33)27-26)17-16-28(3)4)19-11-14-29(15-12-19)23(31)20-8-7-9-21(34-5)22(20)35-6/h7-9,18-19H,10-17H2,1-6H3,(H,27,33). The Kier molecular flexibility index (Phi) is 8.64.